The minimum absolute atomic E-state index is 0.555. The van der Waals surface area contributed by atoms with Crippen LogP contribution < -0.4 is 5.32 Å². The fourth-order valence-electron chi connectivity index (χ4n) is 2.83. The van der Waals surface area contributed by atoms with Gasteiger partial charge in [-0.25, -0.2) is 0 Å². The smallest absolute Gasteiger partial charge is 0.0300 e. The van der Waals surface area contributed by atoms with Crippen molar-refractivity contribution in [3.05, 3.63) is 30.1 Å². The molecular formula is C16H26N2. The van der Waals surface area contributed by atoms with Crippen molar-refractivity contribution in [2.45, 2.75) is 58.4 Å². The molecule has 0 bridgehead atoms. The summed E-state index contributed by atoms with van der Waals surface area (Å²) in [6, 6.07) is 4.90. The molecule has 0 spiro atoms. The van der Waals surface area contributed by atoms with E-state index >= 15 is 0 Å². The van der Waals surface area contributed by atoms with Gasteiger partial charge in [0.2, 0.25) is 0 Å². The highest BCUT2D eigenvalue weighted by Gasteiger charge is 2.23. The van der Waals surface area contributed by atoms with E-state index in [0.717, 1.165) is 19.0 Å². The third-order valence-corrected chi connectivity index (χ3v) is 4.15. The molecule has 1 fully saturated rings. The van der Waals surface area contributed by atoms with Gasteiger partial charge in [-0.1, -0.05) is 26.3 Å². The number of nitrogens with zero attached hydrogens (tertiary/aromatic N) is 1. The number of aromatic nitrogens is 1. The molecule has 1 aliphatic carbocycles. The Balaban J connectivity index is 1.71. The van der Waals surface area contributed by atoms with Crippen molar-refractivity contribution in [1.29, 1.82) is 0 Å². The minimum Gasteiger partial charge on any atom is -0.314 e. The number of hydrogen-bond donors (Lipinski definition) is 1. The Bertz CT molecular complexity index is 345. The van der Waals surface area contributed by atoms with Gasteiger partial charge < -0.3 is 5.32 Å². The van der Waals surface area contributed by atoms with Crippen molar-refractivity contribution in [1.82, 2.24) is 10.3 Å². The second-order valence-corrected chi connectivity index (χ2v) is 6.36. The average molecular weight is 246 g/mol. The van der Waals surface area contributed by atoms with Crippen LogP contribution in [0.1, 0.15) is 51.5 Å². The maximum absolute atomic E-state index is 4.16. The normalized spacial score (nSPS) is 23.6. The van der Waals surface area contributed by atoms with E-state index in [2.05, 4.69) is 30.2 Å². The summed E-state index contributed by atoms with van der Waals surface area (Å²) in [5, 5.41) is 3.72. The van der Waals surface area contributed by atoms with E-state index in [1.165, 1.54) is 37.7 Å². The molecule has 2 heteroatoms. The Morgan fingerprint density at radius 3 is 3.00 bits per heavy atom. The van der Waals surface area contributed by atoms with E-state index in [9.17, 15) is 0 Å². The van der Waals surface area contributed by atoms with Gasteiger partial charge in [-0.2, -0.15) is 0 Å². The molecule has 1 N–H and O–H groups in total. The van der Waals surface area contributed by atoms with Gasteiger partial charge in [0, 0.05) is 18.4 Å². The lowest BCUT2D eigenvalue weighted by Crippen LogP contribution is -2.30. The van der Waals surface area contributed by atoms with E-state index in [1.807, 2.05) is 18.5 Å². The molecule has 0 radical (unpaired) electrons. The van der Waals surface area contributed by atoms with Crippen LogP contribution in [0.2, 0.25) is 0 Å². The van der Waals surface area contributed by atoms with Crippen molar-refractivity contribution in [3.8, 4) is 0 Å². The van der Waals surface area contributed by atoms with E-state index in [4.69, 9.17) is 0 Å². The summed E-state index contributed by atoms with van der Waals surface area (Å²) in [6.45, 7) is 5.90. The van der Waals surface area contributed by atoms with Crippen molar-refractivity contribution in [2.24, 2.45) is 5.41 Å². The highest BCUT2D eigenvalue weighted by molar-refractivity contribution is 5.08. The fourth-order valence-corrected chi connectivity index (χ4v) is 2.83. The highest BCUT2D eigenvalue weighted by Crippen LogP contribution is 2.33. The molecule has 0 aromatic carbocycles. The van der Waals surface area contributed by atoms with E-state index in [1.54, 1.807) is 0 Å². The van der Waals surface area contributed by atoms with Crippen molar-refractivity contribution < 1.29 is 0 Å². The average Bonchev–Trinajstić information content (AvgIpc) is 2.52. The number of hydrogen-bond acceptors (Lipinski definition) is 2. The monoisotopic (exact) mass is 246 g/mol. The second-order valence-electron chi connectivity index (χ2n) is 6.36. The molecule has 1 heterocycles. The number of pyridine rings is 1. The van der Waals surface area contributed by atoms with Gasteiger partial charge in [-0.15, -0.1) is 0 Å². The maximum Gasteiger partial charge on any atom is 0.0300 e. The van der Waals surface area contributed by atoms with E-state index < -0.39 is 0 Å². The van der Waals surface area contributed by atoms with Crippen LogP contribution in [-0.4, -0.2) is 17.6 Å². The van der Waals surface area contributed by atoms with Crippen LogP contribution in [-0.2, 0) is 6.42 Å². The molecule has 1 saturated carbocycles. The number of rotatable bonds is 4. The molecule has 1 atom stereocenters. The quantitative estimate of drug-likeness (QED) is 0.822. The topological polar surface area (TPSA) is 24.9 Å². The van der Waals surface area contributed by atoms with Crippen LogP contribution in [0, 0.1) is 5.41 Å². The summed E-state index contributed by atoms with van der Waals surface area (Å²) in [5.74, 6) is 0. The third kappa shape index (κ3) is 4.41. The molecule has 100 valence electrons. The molecule has 2 nitrogen and oxygen atoms in total. The predicted molar refractivity (Wildman–Crippen MR) is 76.6 cm³/mol. The van der Waals surface area contributed by atoms with Gasteiger partial charge in [-0.3, -0.25) is 4.98 Å². The Morgan fingerprint density at radius 2 is 2.22 bits per heavy atom. The zero-order valence-electron chi connectivity index (χ0n) is 11.8. The lowest BCUT2D eigenvalue weighted by atomic mass is 9.85. The Kier molecular flexibility index (Phi) is 4.76. The minimum atomic E-state index is 0.555. The van der Waals surface area contributed by atoms with Crippen molar-refractivity contribution >= 4 is 0 Å². The summed E-state index contributed by atoms with van der Waals surface area (Å²) in [6.07, 6.45) is 11.7. The van der Waals surface area contributed by atoms with Crippen LogP contribution in [0.5, 0.6) is 0 Å². The Morgan fingerprint density at radius 1 is 1.33 bits per heavy atom. The molecule has 0 aliphatic heterocycles. The number of nitrogens with one attached hydrogen (secondary N) is 1. The molecule has 0 saturated heterocycles. The molecule has 1 aromatic rings. The van der Waals surface area contributed by atoms with Crippen molar-refractivity contribution in [3.63, 3.8) is 0 Å². The van der Waals surface area contributed by atoms with Gasteiger partial charge in [0.25, 0.3) is 0 Å². The third-order valence-electron chi connectivity index (χ3n) is 4.15. The SMILES string of the molecule is CC1(C)CCCC(NCCc2cccnc2)CC1. The van der Waals surface area contributed by atoms with Crippen LogP contribution in [0.25, 0.3) is 0 Å². The summed E-state index contributed by atoms with van der Waals surface area (Å²) < 4.78 is 0. The van der Waals surface area contributed by atoms with Crippen molar-refractivity contribution in [2.75, 3.05) is 6.54 Å². The molecule has 18 heavy (non-hydrogen) atoms. The second kappa shape index (κ2) is 6.33. The van der Waals surface area contributed by atoms with Gasteiger partial charge in [0.15, 0.2) is 0 Å². The van der Waals surface area contributed by atoms with Crippen LogP contribution in [0.3, 0.4) is 0 Å². The molecular weight excluding hydrogens is 220 g/mol. The van der Waals surface area contributed by atoms with E-state index in [0.29, 0.717) is 5.41 Å². The van der Waals surface area contributed by atoms with Gasteiger partial charge in [-0.05, 0) is 55.7 Å². The zero-order chi connectivity index (χ0) is 12.8. The summed E-state index contributed by atoms with van der Waals surface area (Å²) in [5.41, 5.74) is 1.89. The first-order valence-corrected chi connectivity index (χ1v) is 7.28. The molecule has 1 aromatic heterocycles. The van der Waals surface area contributed by atoms with E-state index in [-0.39, 0.29) is 0 Å². The van der Waals surface area contributed by atoms with Gasteiger partial charge >= 0.3 is 0 Å². The highest BCUT2D eigenvalue weighted by atomic mass is 14.9. The van der Waals surface area contributed by atoms with Crippen LogP contribution in [0.15, 0.2) is 24.5 Å². The van der Waals surface area contributed by atoms with Crippen LogP contribution in [0.4, 0.5) is 0 Å². The van der Waals surface area contributed by atoms with Gasteiger partial charge in [0.1, 0.15) is 0 Å². The largest absolute Gasteiger partial charge is 0.314 e. The molecule has 1 unspecified atom stereocenters. The lowest BCUT2D eigenvalue weighted by Gasteiger charge is -2.22. The first-order chi connectivity index (χ1) is 8.66. The first kappa shape index (κ1) is 13.5. The lowest BCUT2D eigenvalue weighted by molar-refractivity contribution is 0.310. The summed E-state index contributed by atoms with van der Waals surface area (Å²) in [7, 11) is 0. The Labute approximate surface area is 111 Å². The predicted octanol–water partition coefficient (Wildman–Crippen LogP) is 3.57. The molecule has 2 rings (SSSR count). The Hall–Kier alpha value is -0.890. The standard InChI is InChI=1S/C16H26N2/c1-16(2)9-3-6-15(7-10-16)18-12-8-14-5-4-11-17-13-14/h4-5,11,13,15,18H,3,6-10,12H2,1-2H3. The fraction of sp³-hybridized carbons (Fsp3) is 0.688. The maximum atomic E-state index is 4.16. The van der Waals surface area contributed by atoms with Gasteiger partial charge in [0.05, 0.1) is 0 Å². The molecule has 1 aliphatic rings. The molecule has 0 amide bonds. The van der Waals surface area contributed by atoms with Crippen LogP contribution >= 0.6 is 0 Å². The zero-order valence-corrected chi connectivity index (χ0v) is 11.8. The summed E-state index contributed by atoms with van der Waals surface area (Å²) >= 11 is 0. The first-order valence-electron chi connectivity index (χ1n) is 7.28. The summed E-state index contributed by atoms with van der Waals surface area (Å²) in [4.78, 5) is 4.16.